The highest BCUT2D eigenvalue weighted by Gasteiger charge is 2.17. The molecule has 0 aromatic carbocycles. The average molecular weight is 222 g/mol. The molecular formula is C16H30. The molecule has 0 aliphatic heterocycles. The fourth-order valence-corrected chi connectivity index (χ4v) is 1.70. The summed E-state index contributed by atoms with van der Waals surface area (Å²) in [5.41, 5.74) is 0.388. The molecule has 16 heavy (non-hydrogen) atoms. The molecule has 0 aliphatic rings. The van der Waals surface area contributed by atoms with E-state index in [0.717, 1.165) is 0 Å². The van der Waals surface area contributed by atoms with Gasteiger partial charge in [-0.05, 0) is 40.5 Å². The van der Waals surface area contributed by atoms with Crippen LogP contribution in [-0.4, -0.2) is 0 Å². The van der Waals surface area contributed by atoms with Gasteiger partial charge >= 0.3 is 0 Å². The highest BCUT2D eigenvalue weighted by atomic mass is 14.2. The SMILES string of the molecule is CCCCC(C)(C)C#CC(C)(C)CCCC. The van der Waals surface area contributed by atoms with E-state index < -0.39 is 0 Å². The van der Waals surface area contributed by atoms with E-state index in [1.165, 1.54) is 38.5 Å². The molecule has 0 aliphatic carbocycles. The second-order valence-electron chi connectivity index (χ2n) is 6.22. The maximum absolute atomic E-state index is 3.49. The Bertz CT molecular complexity index is 210. The summed E-state index contributed by atoms with van der Waals surface area (Å²) in [4.78, 5) is 0. The summed E-state index contributed by atoms with van der Waals surface area (Å²) < 4.78 is 0. The summed E-state index contributed by atoms with van der Waals surface area (Å²) in [6, 6.07) is 0. The van der Waals surface area contributed by atoms with Crippen molar-refractivity contribution in [3.8, 4) is 11.8 Å². The fraction of sp³-hybridized carbons (Fsp3) is 0.875. The summed E-state index contributed by atoms with van der Waals surface area (Å²) in [6.45, 7) is 13.6. The minimum atomic E-state index is 0.194. The zero-order chi connectivity index (χ0) is 12.7. The van der Waals surface area contributed by atoms with Crippen LogP contribution in [0, 0.1) is 22.7 Å². The standard InChI is InChI=1S/C16H30/c1-7-9-11-15(3,4)13-14-16(5,6)12-10-8-2/h7-12H2,1-6H3. The van der Waals surface area contributed by atoms with Crippen molar-refractivity contribution in [3.63, 3.8) is 0 Å². The molecule has 0 heteroatoms. The number of hydrogen-bond donors (Lipinski definition) is 0. The highest BCUT2D eigenvalue weighted by Crippen LogP contribution is 2.26. The van der Waals surface area contributed by atoms with Crippen molar-refractivity contribution in [2.24, 2.45) is 10.8 Å². The molecule has 0 bridgehead atoms. The summed E-state index contributed by atoms with van der Waals surface area (Å²) in [7, 11) is 0. The molecule has 0 spiro atoms. The van der Waals surface area contributed by atoms with Crippen molar-refractivity contribution < 1.29 is 0 Å². The third-order valence-electron chi connectivity index (χ3n) is 3.05. The topological polar surface area (TPSA) is 0 Å². The van der Waals surface area contributed by atoms with Crippen molar-refractivity contribution in [3.05, 3.63) is 0 Å². The lowest BCUT2D eigenvalue weighted by Gasteiger charge is -2.21. The van der Waals surface area contributed by atoms with Gasteiger partial charge in [-0.15, -0.1) is 0 Å². The van der Waals surface area contributed by atoms with E-state index in [4.69, 9.17) is 0 Å². The smallest absolute Gasteiger partial charge is 0.0258 e. The lowest BCUT2D eigenvalue weighted by molar-refractivity contribution is 0.418. The first-order valence-electron chi connectivity index (χ1n) is 6.87. The maximum atomic E-state index is 3.49. The third-order valence-corrected chi connectivity index (χ3v) is 3.05. The monoisotopic (exact) mass is 222 g/mol. The van der Waals surface area contributed by atoms with Crippen LogP contribution in [0.2, 0.25) is 0 Å². The molecule has 0 aromatic rings. The van der Waals surface area contributed by atoms with Crippen LogP contribution in [0.4, 0.5) is 0 Å². The van der Waals surface area contributed by atoms with Gasteiger partial charge in [-0.3, -0.25) is 0 Å². The third kappa shape index (κ3) is 7.80. The van der Waals surface area contributed by atoms with Gasteiger partial charge in [0.05, 0.1) is 0 Å². The van der Waals surface area contributed by atoms with Crippen molar-refractivity contribution >= 4 is 0 Å². The van der Waals surface area contributed by atoms with Gasteiger partial charge in [-0.2, -0.15) is 0 Å². The van der Waals surface area contributed by atoms with E-state index in [-0.39, 0.29) is 10.8 Å². The highest BCUT2D eigenvalue weighted by molar-refractivity contribution is 5.14. The summed E-state index contributed by atoms with van der Waals surface area (Å²) in [5, 5.41) is 0. The maximum Gasteiger partial charge on any atom is 0.0258 e. The van der Waals surface area contributed by atoms with Gasteiger partial charge in [-0.1, -0.05) is 51.4 Å². The Balaban J connectivity index is 4.33. The van der Waals surface area contributed by atoms with E-state index in [0.29, 0.717) is 0 Å². The van der Waals surface area contributed by atoms with E-state index in [2.05, 4.69) is 53.4 Å². The van der Waals surface area contributed by atoms with Gasteiger partial charge in [0.15, 0.2) is 0 Å². The zero-order valence-electron chi connectivity index (χ0n) is 12.2. The first-order valence-corrected chi connectivity index (χ1v) is 6.87. The molecule has 0 atom stereocenters. The molecule has 0 rings (SSSR count). The van der Waals surface area contributed by atoms with Crippen molar-refractivity contribution in [2.45, 2.75) is 80.1 Å². The van der Waals surface area contributed by atoms with Gasteiger partial charge in [0, 0.05) is 10.8 Å². The summed E-state index contributed by atoms with van der Waals surface area (Å²) in [6.07, 6.45) is 7.56. The first-order chi connectivity index (χ1) is 7.33. The predicted molar refractivity (Wildman–Crippen MR) is 74.4 cm³/mol. The largest absolute Gasteiger partial charge is 0.0965 e. The van der Waals surface area contributed by atoms with Gasteiger partial charge in [-0.25, -0.2) is 0 Å². The molecule has 0 aromatic heterocycles. The lowest BCUT2D eigenvalue weighted by Crippen LogP contribution is -2.12. The quantitative estimate of drug-likeness (QED) is 0.526. The van der Waals surface area contributed by atoms with Gasteiger partial charge in [0.2, 0.25) is 0 Å². The molecule has 0 N–H and O–H groups in total. The summed E-state index contributed by atoms with van der Waals surface area (Å²) >= 11 is 0. The second-order valence-corrected chi connectivity index (χ2v) is 6.22. The molecular weight excluding hydrogens is 192 g/mol. The molecule has 0 fully saturated rings. The van der Waals surface area contributed by atoms with Crippen molar-refractivity contribution in [1.29, 1.82) is 0 Å². The van der Waals surface area contributed by atoms with Crippen LogP contribution >= 0.6 is 0 Å². The van der Waals surface area contributed by atoms with Crippen LogP contribution in [0.1, 0.15) is 80.1 Å². The van der Waals surface area contributed by atoms with E-state index >= 15 is 0 Å². The van der Waals surface area contributed by atoms with Crippen LogP contribution in [0.15, 0.2) is 0 Å². The summed E-state index contributed by atoms with van der Waals surface area (Å²) in [5.74, 6) is 6.99. The predicted octanol–water partition coefficient (Wildman–Crippen LogP) is 5.42. The Morgan fingerprint density at radius 1 is 0.688 bits per heavy atom. The second kappa shape index (κ2) is 7.00. The fourth-order valence-electron chi connectivity index (χ4n) is 1.70. The van der Waals surface area contributed by atoms with Crippen molar-refractivity contribution in [2.75, 3.05) is 0 Å². The van der Waals surface area contributed by atoms with E-state index in [1.54, 1.807) is 0 Å². The Morgan fingerprint density at radius 3 is 1.25 bits per heavy atom. The van der Waals surface area contributed by atoms with E-state index in [1.807, 2.05) is 0 Å². The van der Waals surface area contributed by atoms with Gasteiger partial charge < -0.3 is 0 Å². The van der Waals surface area contributed by atoms with Crippen LogP contribution in [0.25, 0.3) is 0 Å². The minimum Gasteiger partial charge on any atom is -0.0965 e. The Kier molecular flexibility index (Phi) is 6.81. The molecule has 0 nitrogen and oxygen atoms in total. The average Bonchev–Trinajstić information content (AvgIpc) is 2.22. The van der Waals surface area contributed by atoms with Crippen LogP contribution in [-0.2, 0) is 0 Å². The van der Waals surface area contributed by atoms with Crippen LogP contribution in [0.5, 0.6) is 0 Å². The molecule has 94 valence electrons. The van der Waals surface area contributed by atoms with Crippen LogP contribution < -0.4 is 0 Å². The molecule has 0 saturated carbocycles. The first kappa shape index (κ1) is 15.6. The number of unbranched alkanes of at least 4 members (excludes halogenated alkanes) is 2. The molecule has 0 heterocycles. The normalized spacial score (nSPS) is 12.1. The number of hydrogen-bond acceptors (Lipinski definition) is 0. The number of rotatable bonds is 6. The van der Waals surface area contributed by atoms with E-state index in [9.17, 15) is 0 Å². The Labute approximate surface area is 103 Å². The zero-order valence-corrected chi connectivity index (χ0v) is 12.2. The molecule has 0 radical (unpaired) electrons. The lowest BCUT2D eigenvalue weighted by atomic mass is 9.83. The van der Waals surface area contributed by atoms with Gasteiger partial charge in [0.25, 0.3) is 0 Å². The Hall–Kier alpha value is -0.440. The van der Waals surface area contributed by atoms with Gasteiger partial charge in [0.1, 0.15) is 0 Å². The minimum absolute atomic E-state index is 0.194. The molecule has 0 amide bonds. The van der Waals surface area contributed by atoms with Crippen molar-refractivity contribution in [1.82, 2.24) is 0 Å². The molecule has 0 saturated heterocycles. The Morgan fingerprint density at radius 2 is 1.00 bits per heavy atom. The van der Waals surface area contributed by atoms with Crippen LogP contribution in [0.3, 0.4) is 0 Å². The molecule has 0 unspecified atom stereocenters.